The number of rotatable bonds is 1. The summed E-state index contributed by atoms with van der Waals surface area (Å²) in [6, 6.07) is 0.802. The Morgan fingerprint density at radius 2 is 1.92 bits per heavy atom. The van der Waals surface area contributed by atoms with Crippen LogP contribution in [0.5, 0.6) is 11.6 Å². The van der Waals surface area contributed by atoms with Crippen LogP contribution in [0.4, 0.5) is 0 Å². The zero-order valence-corrected chi connectivity index (χ0v) is 6.45. The van der Waals surface area contributed by atoms with Crippen LogP contribution < -0.4 is 0 Å². The number of carboxylic acid groups (broad SMARTS) is 1. The third-order valence-corrected chi connectivity index (χ3v) is 0.963. The molecule has 1 aromatic heterocycles. The van der Waals surface area contributed by atoms with Crippen LogP contribution in [0, 0.1) is 0 Å². The van der Waals surface area contributed by atoms with Crippen molar-refractivity contribution in [2.75, 3.05) is 0 Å². The molecule has 0 fully saturated rings. The summed E-state index contributed by atoms with van der Waals surface area (Å²) in [6.45, 7) is 0. The van der Waals surface area contributed by atoms with Gasteiger partial charge in [0.2, 0.25) is 11.6 Å². The first-order chi connectivity index (χ1) is 5.11. The maximum atomic E-state index is 10.2. The van der Waals surface area contributed by atoms with Crippen LogP contribution in [-0.2, 0) is 0 Å². The van der Waals surface area contributed by atoms with Crippen LogP contribution in [-0.4, -0.2) is 31.5 Å². The minimum atomic E-state index is -1.39. The molecule has 7 heteroatoms. The molecule has 0 atom stereocenters. The first kappa shape index (κ1) is 10.4. The zero-order valence-electron chi connectivity index (χ0n) is 5.63. The van der Waals surface area contributed by atoms with E-state index in [-0.39, 0.29) is 12.4 Å². The van der Waals surface area contributed by atoms with Gasteiger partial charge in [0, 0.05) is 6.07 Å². The average molecular weight is 193 g/mol. The summed E-state index contributed by atoms with van der Waals surface area (Å²) in [6.07, 6.45) is 0. The van der Waals surface area contributed by atoms with Crippen molar-refractivity contribution in [1.82, 2.24) is 10.2 Å². The number of aromatic carboxylic acids is 1. The molecule has 1 aromatic rings. The normalized spacial score (nSPS) is 8.67. The van der Waals surface area contributed by atoms with Crippen LogP contribution in [0.3, 0.4) is 0 Å². The van der Waals surface area contributed by atoms with Gasteiger partial charge in [-0.25, -0.2) is 4.79 Å². The van der Waals surface area contributed by atoms with E-state index >= 15 is 0 Å². The fraction of sp³-hybridized carbons (Fsp3) is 0. The lowest BCUT2D eigenvalue weighted by molar-refractivity contribution is 0.0685. The number of halogens is 1. The topological polar surface area (TPSA) is 104 Å². The Balaban J connectivity index is 0.00000121. The van der Waals surface area contributed by atoms with E-state index < -0.39 is 23.3 Å². The van der Waals surface area contributed by atoms with Gasteiger partial charge >= 0.3 is 5.97 Å². The molecule has 0 saturated carbocycles. The second-order valence-electron chi connectivity index (χ2n) is 1.74. The van der Waals surface area contributed by atoms with Gasteiger partial charge in [-0.3, -0.25) is 0 Å². The lowest BCUT2D eigenvalue weighted by atomic mass is 10.3. The summed E-state index contributed by atoms with van der Waals surface area (Å²) < 4.78 is 0. The molecule has 0 aromatic carbocycles. The summed E-state index contributed by atoms with van der Waals surface area (Å²) in [7, 11) is 0. The summed E-state index contributed by atoms with van der Waals surface area (Å²) >= 11 is 0. The largest absolute Gasteiger partial charge is 0.505 e. The molecule has 0 aliphatic carbocycles. The summed E-state index contributed by atoms with van der Waals surface area (Å²) in [5.41, 5.74) is -0.581. The molecule has 0 bridgehead atoms. The van der Waals surface area contributed by atoms with Crippen molar-refractivity contribution < 1.29 is 20.1 Å². The van der Waals surface area contributed by atoms with E-state index in [2.05, 4.69) is 10.2 Å². The third kappa shape index (κ3) is 1.96. The van der Waals surface area contributed by atoms with Crippen LogP contribution in [0.1, 0.15) is 10.5 Å². The molecule has 6 nitrogen and oxygen atoms in total. The average Bonchev–Trinajstić information content (AvgIpc) is 1.85. The molecule has 0 aliphatic rings. The van der Waals surface area contributed by atoms with Gasteiger partial charge in [-0.05, 0) is 0 Å². The van der Waals surface area contributed by atoms with E-state index in [1.54, 1.807) is 0 Å². The molecular weight excluding hydrogens is 188 g/mol. The molecule has 0 saturated heterocycles. The van der Waals surface area contributed by atoms with Gasteiger partial charge in [0.05, 0.1) is 0 Å². The van der Waals surface area contributed by atoms with Gasteiger partial charge in [-0.1, -0.05) is 0 Å². The van der Waals surface area contributed by atoms with Crippen molar-refractivity contribution in [2.45, 2.75) is 0 Å². The Morgan fingerprint density at radius 1 is 1.33 bits per heavy atom. The number of carbonyl (C=O) groups is 1. The Morgan fingerprint density at radius 3 is 2.33 bits per heavy atom. The Kier molecular flexibility index (Phi) is 3.24. The molecule has 0 radical (unpaired) electrons. The quantitative estimate of drug-likeness (QED) is 0.579. The van der Waals surface area contributed by atoms with Gasteiger partial charge < -0.3 is 15.3 Å². The number of aromatic nitrogens is 2. The van der Waals surface area contributed by atoms with Crippen LogP contribution in [0.2, 0.25) is 0 Å². The Hall–Kier alpha value is -1.56. The molecule has 12 heavy (non-hydrogen) atoms. The first-order valence-corrected chi connectivity index (χ1v) is 2.60. The zero-order chi connectivity index (χ0) is 8.43. The van der Waals surface area contributed by atoms with Crippen LogP contribution in [0.25, 0.3) is 0 Å². The lowest BCUT2D eigenvalue weighted by Gasteiger charge is -1.95. The van der Waals surface area contributed by atoms with E-state index in [0.717, 1.165) is 6.07 Å². The van der Waals surface area contributed by atoms with Crippen LogP contribution >= 0.6 is 12.4 Å². The second kappa shape index (κ2) is 3.72. The minimum absolute atomic E-state index is 0. The maximum absolute atomic E-state index is 10.2. The van der Waals surface area contributed by atoms with Gasteiger partial charge in [-0.15, -0.1) is 22.6 Å². The predicted molar refractivity (Wildman–Crippen MR) is 39.6 cm³/mol. The van der Waals surface area contributed by atoms with E-state index in [0.29, 0.717) is 0 Å². The number of hydrogen-bond acceptors (Lipinski definition) is 5. The highest BCUT2D eigenvalue weighted by Gasteiger charge is 2.12. The first-order valence-electron chi connectivity index (χ1n) is 2.60. The Bertz CT molecular complexity index is 303. The number of hydrogen-bond donors (Lipinski definition) is 3. The van der Waals surface area contributed by atoms with Gasteiger partial charge in [0.15, 0.2) is 5.75 Å². The van der Waals surface area contributed by atoms with Gasteiger partial charge in [0.25, 0.3) is 0 Å². The number of aromatic hydroxyl groups is 2. The van der Waals surface area contributed by atoms with Gasteiger partial charge in [0.1, 0.15) is 0 Å². The maximum Gasteiger partial charge on any atom is 0.360 e. The summed E-state index contributed by atoms with van der Waals surface area (Å²) in [4.78, 5) is 10.2. The highest BCUT2D eigenvalue weighted by atomic mass is 35.5. The standard InChI is InChI=1S/C5H4N2O4.ClH/c8-2-1-3(9)6-7-4(2)5(10)11;/h1H,(H,10,11)(H2,6,8,9);1H. The molecule has 1 heterocycles. The molecule has 0 unspecified atom stereocenters. The van der Waals surface area contributed by atoms with E-state index in [1.807, 2.05) is 0 Å². The van der Waals surface area contributed by atoms with Crippen molar-refractivity contribution in [3.63, 3.8) is 0 Å². The monoisotopic (exact) mass is 192 g/mol. The van der Waals surface area contributed by atoms with E-state index in [9.17, 15) is 4.79 Å². The summed E-state index contributed by atoms with van der Waals surface area (Å²) in [5.74, 6) is -2.52. The fourth-order valence-corrected chi connectivity index (χ4v) is 0.524. The van der Waals surface area contributed by atoms with Gasteiger partial charge in [-0.2, -0.15) is 0 Å². The fourth-order valence-electron chi connectivity index (χ4n) is 0.524. The molecule has 0 spiro atoms. The number of nitrogens with zero attached hydrogens (tertiary/aromatic N) is 2. The highest BCUT2D eigenvalue weighted by Crippen LogP contribution is 2.16. The predicted octanol–water partition coefficient (Wildman–Crippen LogP) is 0.00780. The van der Waals surface area contributed by atoms with E-state index in [1.165, 1.54) is 0 Å². The van der Waals surface area contributed by atoms with Crippen molar-refractivity contribution >= 4 is 18.4 Å². The van der Waals surface area contributed by atoms with E-state index in [4.69, 9.17) is 15.3 Å². The van der Waals surface area contributed by atoms with Crippen molar-refractivity contribution in [3.05, 3.63) is 11.8 Å². The van der Waals surface area contributed by atoms with Crippen molar-refractivity contribution in [1.29, 1.82) is 0 Å². The molecular formula is C5H5ClN2O4. The summed E-state index contributed by atoms with van der Waals surface area (Å²) in [5, 5.41) is 31.8. The highest BCUT2D eigenvalue weighted by molar-refractivity contribution is 5.88. The smallest absolute Gasteiger partial charge is 0.360 e. The van der Waals surface area contributed by atoms with Crippen molar-refractivity contribution in [3.8, 4) is 11.6 Å². The second-order valence-corrected chi connectivity index (χ2v) is 1.74. The SMILES string of the molecule is Cl.O=C(O)c1nnc(O)cc1O. The third-order valence-electron chi connectivity index (χ3n) is 0.963. The number of carboxylic acids is 1. The molecule has 0 amide bonds. The van der Waals surface area contributed by atoms with Crippen molar-refractivity contribution in [2.24, 2.45) is 0 Å². The minimum Gasteiger partial charge on any atom is -0.505 e. The molecule has 0 aliphatic heterocycles. The molecule has 66 valence electrons. The molecule has 3 N–H and O–H groups in total. The molecule has 1 rings (SSSR count). The van der Waals surface area contributed by atoms with Crippen LogP contribution in [0.15, 0.2) is 6.07 Å². The lowest BCUT2D eigenvalue weighted by Crippen LogP contribution is -2.01. The Labute approximate surface area is 72.9 Å².